The normalized spacial score (nSPS) is 12.4. The average molecular weight is 359 g/mol. The van der Waals surface area contributed by atoms with Gasteiger partial charge in [-0.25, -0.2) is 0 Å². The van der Waals surface area contributed by atoms with Gasteiger partial charge >= 0.3 is 0 Å². The summed E-state index contributed by atoms with van der Waals surface area (Å²) >= 11 is 15.7. The van der Waals surface area contributed by atoms with Gasteiger partial charge in [0.1, 0.15) is 0 Å². The molecule has 0 fully saturated rings. The van der Waals surface area contributed by atoms with E-state index in [4.69, 9.17) is 23.2 Å². The van der Waals surface area contributed by atoms with E-state index in [1.807, 2.05) is 30.3 Å². The molecule has 0 saturated carbocycles. The molecule has 0 heterocycles. The van der Waals surface area contributed by atoms with Crippen LogP contribution in [0, 0.1) is 0 Å². The second-order valence-corrected chi connectivity index (χ2v) is 5.98. The Balaban J connectivity index is 2.07. The Kier molecular flexibility index (Phi) is 5.28. The lowest BCUT2D eigenvalue weighted by molar-refractivity contribution is 0.573. The SMILES string of the molecule is C[C@H](NCc1cccc(Cl)c1Cl)c1ccccc1Br. The van der Waals surface area contributed by atoms with Crippen LogP contribution in [-0.2, 0) is 6.54 Å². The molecule has 19 heavy (non-hydrogen) atoms. The van der Waals surface area contributed by atoms with Gasteiger partial charge in [-0.2, -0.15) is 0 Å². The first-order valence-corrected chi connectivity index (χ1v) is 7.55. The zero-order valence-corrected chi connectivity index (χ0v) is 13.6. The summed E-state index contributed by atoms with van der Waals surface area (Å²) in [6.45, 7) is 2.81. The van der Waals surface area contributed by atoms with Crippen LogP contribution in [0.1, 0.15) is 24.1 Å². The molecule has 0 aliphatic rings. The fourth-order valence-corrected chi connectivity index (χ4v) is 2.90. The van der Waals surface area contributed by atoms with Gasteiger partial charge in [0, 0.05) is 17.1 Å². The van der Waals surface area contributed by atoms with Crippen LogP contribution in [0.5, 0.6) is 0 Å². The van der Waals surface area contributed by atoms with Crippen molar-refractivity contribution in [2.45, 2.75) is 19.5 Å². The second-order valence-electron chi connectivity index (χ2n) is 4.34. The molecule has 4 heteroatoms. The highest BCUT2D eigenvalue weighted by molar-refractivity contribution is 9.10. The average Bonchev–Trinajstić information content (AvgIpc) is 2.40. The van der Waals surface area contributed by atoms with Crippen molar-refractivity contribution in [3.8, 4) is 0 Å². The lowest BCUT2D eigenvalue weighted by Crippen LogP contribution is -2.18. The molecule has 0 spiro atoms. The Morgan fingerprint density at radius 3 is 2.58 bits per heavy atom. The first-order chi connectivity index (χ1) is 9.09. The molecule has 0 amide bonds. The number of nitrogens with one attached hydrogen (secondary N) is 1. The van der Waals surface area contributed by atoms with Crippen molar-refractivity contribution in [1.82, 2.24) is 5.32 Å². The minimum Gasteiger partial charge on any atom is -0.306 e. The topological polar surface area (TPSA) is 12.0 Å². The third kappa shape index (κ3) is 3.73. The molecule has 1 atom stereocenters. The molecule has 100 valence electrons. The summed E-state index contributed by atoms with van der Waals surface area (Å²) in [5.41, 5.74) is 2.23. The molecule has 0 aromatic heterocycles. The van der Waals surface area contributed by atoms with Crippen molar-refractivity contribution in [2.75, 3.05) is 0 Å². The molecule has 2 aromatic rings. The molecule has 0 unspecified atom stereocenters. The lowest BCUT2D eigenvalue weighted by Gasteiger charge is -2.16. The Hall–Kier alpha value is -0.540. The van der Waals surface area contributed by atoms with E-state index in [0.29, 0.717) is 16.6 Å². The maximum atomic E-state index is 6.17. The van der Waals surface area contributed by atoms with Gasteiger partial charge in [-0.05, 0) is 30.2 Å². The van der Waals surface area contributed by atoms with Crippen LogP contribution >= 0.6 is 39.1 Å². The minimum absolute atomic E-state index is 0.227. The van der Waals surface area contributed by atoms with Crippen molar-refractivity contribution >= 4 is 39.1 Å². The summed E-state index contributed by atoms with van der Waals surface area (Å²) in [4.78, 5) is 0. The van der Waals surface area contributed by atoms with Crippen LogP contribution in [0.3, 0.4) is 0 Å². The van der Waals surface area contributed by atoms with Crippen molar-refractivity contribution in [2.24, 2.45) is 0 Å². The minimum atomic E-state index is 0.227. The van der Waals surface area contributed by atoms with Gasteiger partial charge in [-0.1, -0.05) is 69.5 Å². The first kappa shape index (κ1) is 14.9. The molecule has 1 nitrogen and oxygen atoms in total. The lowest BCUT2D eigenvalue weighted by atomic mass is 10.1. The number of hydrogen-bond donors (Lipinski definition) is 1. The van der Waals surface area contributed by atoms with Gasteiger partial charge in [-0.3, -0.25) is 0 Å². The zero-order chi connectivity index (χ0) is 13.8. The van der Waals surface area contributed by atoms with Crippen molar-refractivity contribution in [1.29, 1.82) is 0 Å². The van der Waals surface area contributed by atoms with Crippen LogP contribution in [0.25, 0.3) is 0 Å². The summed E-state index contributed by atoms with van der Waals surface area (Å²) in [5, 5.41) is 4.66. The maximum absolute atomic E-state index is 6.17. The van der Waals surface area contributed by atoms with Crippen molar-refractivity contribution in [3.05, 3.63) is 68.1 Å². The van der Waals surface area contributed by atoms with Crippen LogP contribution in [0.2, 0.25) is 10.0 Å². The van der Waals surface area contributed by atoms with Gasteiger partial charge < -0.3 is 5.32 Å². The van der Waals surface area contributed by atoms with Crippen LogP contribution in [-0.4, -0.2) is 0 Å². The Morgan fingerprint density at radius 2 is 1.84 bits per heavy atom. The van der Waals surface area contributed by atoms with E-state index >= 15 is 0 Å². The van der Waals surface area contributed by atoms with Gasteiger partial charge in [0.05, 0.1) is 10.0 Å². The molecule has 0 aliphatic heterocycles. The third-order valence-corrected chi connectivity index (χ3v) is 4.58. The van der Waals surface area contributed by atoms with E-state index in [0.717, 1.165) is 10.0 Å². The maximum Gasteiger partial charge on any atom is 0.0637 e. The van der Waals surface area contributed by atoms with E-state index in [9.17, 15) is 0 Å². The summed E-state index contributed by atoms with van der Waals surface area (Å²) in [6.07, 6.45) is 0. The highest BCUT2D eigenvalue weighted by Crippen LogP contribution is 2.27. The van der Waals surface area contributed by atoms with Crippen LogP contribution in [0.4, 0.5) is 0 Å². The number of benzene rings is 2. The molecule has 0 bridgehead atoms. The molecule has 0 aliphatic carbocycles. The van der Waals surface area contributed by atoms with Gasteiger partial charge in [0.2, 0.25) is 0 Å². The predicted octanol–water partition coefficient (Wildman–Crippen LogP) is 5.61. The predicted molar refractivity (Wildman–Crippen MR) is 85.9 cm³/mol. The summed E-state index contributed by atoms with van der Waals surface area (Å²) < 4.78 is 1.10. The highest BCUT2D eigenvalue weighted by atomic mass is 79.9. The molecule has 2 rings (SSSR count). The van der Waals surface area contributed by atoms with Gasteiger partial charge in [-0.15, -0.1) is 0 Å². The fraction of sp³-hybridized carbons (Fsp3) is 0.200. The Bertz CT molecular complexity index is 572. The molecule has 0 saturated heterocycles. The van der Waals surface area contributed by atoms with E-state index in [-0.39, 0.29) is 6.04 Å². The molecular formula is C15H14BrCl2N. The van der Waals surface area contributed by atoms with Crippen molar-refractivity contribution < 1.29 is 0 Å². The van der Waals surface area contributed by atoms with Crippen LogP contribution < -0.4 is 5.32 Å². The first-order valence-electron chi connectivity index (χ1n) is 6.00. The molecule has 0 radical (unpaired) electrons. The second kappa shape index (κ2) is 6.76. The smallest absolute Gasteiger partial charge is 0.0637 e. The largest absolute Gasteiger partial charge is 0.306 e. The standard InChI is InChI=1S/C15H14BrCl2N/c1-10(12-6-2-3-7-13(12)16)19-9-11-5-4-8-14(17)15(11)18/h2-8,10,19H,9H2,1H3/t10-/m0/s1. The van der Waals surface area contributed by atoms with E-state index in [1.165, 1.54) is 5.56 Å². The van der Waals surface area contributed by atoms with E-state index in [1.54, 1.807) is 6.07 Å². The Morgan fingerprint density at radius 1 is 1.11 bits per heavy atom. The van der Waals surface area contributed by atoms with Gasteiger partial charge in [0.25, 0.3) is 0 Å². The number of halogens is 3. The van der Waals surface area contributed by atoms with Crippen LogP contribution in [0.15, 0.2) is 46.9 Å². The fourth-order valence-electron chi connectivity index (χ4n) is 1.88. The third-order valence-electron chi connectivity index (χ3n) is 3.00. The quantitative estimate of drug-likeness (QED) is 0.749. The number of rotatable bonds is 4. The Labute approximate surface area is 132 Å². The molecule has 1 N–H and O–H groups in total. The zero-order valence-electron chi connectivity index (χ0n) is 10.5. The number of hydrogen-bond acceptors (Lipinski definition) is 1. The summed E-state index contributed by atoms with van der Waals surface area (Å²) in [6, 6.07) is 14.1. The summed E-state index contributed by atoms with van der Waals surface area (Å²) in [7, 11) is 0. The molecule has 2 aromatic carbocycles. The monoisotopic (exact) mass is 357 g/mol. The van der Waals surface area contributed by atoms with Crippen molar-refractivity contribution in [3.63, 3.8) is 0 Å². The van der Waals surface area contributed by atoms with Gasteiger partial charge in [0.15, 0.2) is 0 Å². The highest BCUT2D eigenvalue weighted by Gasteiger charge is 2.10. The van der Waals surface area contributed by atoms with E-state index < -0.39 is 0 Å². The van der Waals surface area contributed by atoms with E-state index in [2.05, 4.69) is 34.2 Å². The molecular weight excluding hydrogens is 345 g/mol. The summed E-state index contributed by atoms with van der Waals surface area (Å²) in [5.74, 6) is 0.